The summed E-state index contributed by atoms with van der Waals surface area (Å²) in [6.45, 7) is 2.18. The predicted octanol–water partition coefficient (Wildman–Crippen LogP) is 2.96. The Hall–Kier alpha value is -1.87. The first-order chi connectivity index (χ1) is 9.30. The minimum absolute atomic E-state index is 0.138. The van der Waals surface area contributed by atoms with Crippen LogP contribution in [-0.2, 0) is 6.42 Å². The van der Waals surface area contributed by atoms with Gasteiger partial charge in [-0.2, -0.15) is 0 Å². The molecule has 0 amide bonds. The molecule has 19 heavy (non-hydrogen) atoms. The third-order valence-corrected chi connectivity index (χ3v) is 3.34. The van der Waals surface area contributed by atoms with Crippen LogP contribution in [-0.4, -0.2) is 19.1 Å². The molecule has 0 aliphatic carbocycles. The lowest BCUT2D eigenvalue weighted by atomic mass is 9.94. The highest BCUT2D eigenvalue weighted by Crippen LogP contribution is 2.26. The van der Waals surface area contributed by atoms with Crippen LogP contribution in [0.5, 0.6) is 5.75 Å². The molecule has 0 spiro atoms. The van der Waals surface area contributed by atoms with Crippen LogP contribution in [0.4, 0.5) is 0 Å². The number of hydrogen-bond donors (Lipinski definition) is 1. The van der Waals surface area contributed by atoms with Crippen molar-refractivity contribution in [3.05, 3.63) is 59.4 Å². The molecule has 1 aromatic carbocycles. The van der Waals surface area contributed by atoms with E-state index in [4.69, 9.17) is 4.74 Å². The lowest BCUT2D eigenvalue weighted by molar-refractivity contribution is 0.411. The second kappa shape index (κ2) is 6.34. The van der Waals surface area contributed by atoms with Gasteiger partial charge in [-0.1, -0.05) is 31.2 Å². The Balaban J connectivity index is 2.43. The van der Waals surface area contributed by atoms with E-state index >= 15 is 0 Å². The Morgan fingerprint density at radius 3 is 2.74 bits per heavy atom. The third-order valence-electron chi connectivity index (χ3n) is 3.34. The number of hydrogen-bond acceptors (Lipinski definition) is 3. The van der Waals surface area contributed by atoms with Gasteiger partial charge in [0.05, 0.1) is 19.3 Å². The molecule has 2 aromatic rings. The van der Waals surface area contributed by atoms with E-state index < -0.39 is 0 Å². The summed E-state index contributed by atoms with van der Waals surface area (Å²) in [6.07, 6.45) is 4.63. The highest BCUT2D eigenvalue weighted by atomic mass is 16.5. The van der Waals surface area contributed by atoms with E-state index in [1.807, 2.05) is 19.3 Å². The maximum atomic E-state index is 5.25. The summed E-state index contributed by atoms with van der Waals surface area (Å²) in [4.78, 5) is 4.24. The van der Waals surface area contributed by atoms with Crippen LogP contribution in [0, 0.1) is 0 Å². The van der Waals surface area contributed by atoms with Gasteiger partial charge in [-0.05, 0) is 36.2 Å². The number of ether oxygens (including phenoxy) is 1. The largest absolute Gasteiger partial charge is 0.495 e. The zero-order valence-corrected chi connectivity index (χ0v) is 11.7. The first-order valence-corrected chi connectivity index (χ1v) is 6.54. The first-order valence-electron chi connectivity index (χ1n) is 6.54. The monoisotopic (exact) mass is 256 g/mol. The number of rotatable bonds is 5. The van der Waals surface area contributed by atoms with Crippen LogP contribution in [0.1, 0.15) is 29.7 Å². The normalized spacial score (nSPS) is 12.2. The van der Waals surface area contributed by atoms with Crippen molar-refractivity contribution in [1.29, 1.82) is 0 Å². The predicted molar refractivity (Wildman–Crippen MR) is 77.5 cm³/mol. The van der Waals surface area contributed by atoms with Crippen LogP contribution in [0.25, 0.3) is 0 Å². The molecule has 0 bridgehead atoms. The van der Waals surface area contributed by atoms with Gasteiger partial charge in [-0.3, -0.25) is 4.98 Å². The van der Waals surface area contributed by atoms with Crippen molar-refractivity contribution in [2.24, 2.45) is 0 Å². The number of nitrogens with one attached hydrogen (secondary N) is 1. The maximum absolute atomic E-state index is 5.25. The molecule has 1 atom stereocenters. The molecule has 2 rings (SSSR count). The summed E-state index contributed by atoms with van der Waals surface area (Å²) in [5.74, 6) is 0.784. The Labute approximate surface area is 114 Å². The highest BCUT2D eigenvalue weighted by molar-refractivity contribution is 5.38. The number of aromatic nitrogens is 1. The number of benzene rings is 1. The quantitative estimate of drug-likeness (QED) is 0.893. The van der Waals surface area contributed by atoms with Gasteiger partial charge in [-0.25, -0.2) is 0 Å². The van der Waals surface area contributed by atoms with Crippen molar-refractivity contribution in [3.63, 3.8) is 0 Å². The average Bonchev–Trinajstić information content (AvgIpc) is 2.49. The molecule has 1 heterocycles. The van der Waals surface area contributed by atoms with Gasteiger partial charge in [0.1, 0.15) is 5.75 Å². The van der Waals surface area contributed by atoms with Crippen molar-refractivity contribution in [2.75, 3.05) is 14.2 Å². The summed E-state index contributed by atoms with van der Waals surface area (Å²) in [5.41, 5.74) is 3.76. The van der Waals surface area contributed by atoms with E-state index in [1.165, 1.54) is 11.1 Å². The Morgan fingerprint density at radius 1 is 1.26 bits per heavy atom. The molecule has 0 radical (unpaired) electrons. The van der Waals surface area contributed by atoms with Gasteiger partial charge in [-0.15, -0.1) is 0 Å². The van der Waals surface area contributed by atoms with Crippen molar-refractivity contribution in [3.8, 4) is 5.75 Å². The summed E-state index contributed by atoms with van der Waals surface area (Å²) < 4.78 is 5.25. The molecular weight excluding hydrogens is 236 g/mol. The fraction of sp³-hybridized carbons (Fsp3) is 0.312. The summed E-state index contributed by atoms with van der Waals surface area (Å²) in [5, 5.41) is 3.37. The van der Waals surface area contributed by atoms with Crippen LogP contribution in [0.2, 0.25) is 0 Å². The highest BCUT2D eigenvalue weighted by Gasteiger charge is 2.15. The summed E-state index contributed by atoms with van der Waals surface area (Å²) in [6, 6.07) is 10.7. The van der Waals surface area contributed by atoms with Crippen molar-refractivity contribution in [2.45, 2.75) is 19.4 Å². The third kappa shape index (κ3) is 2.93. The van der Waals surface area contributed by atoms with E-state index in [0.717, 1.165) is 17.7 Å². The molecule has 100 valence electrons. The molecule has 0 saturated carbocycles. The minimum atomic E-state index is 0.138. The van der Waals surface area contributed by atoms with Gasteiger partial charge in [0.25, 0.3) is 0 Å². The molecule has 3 nitrogen and oxygen atoms in total. The summed E-state index contributed by atoms with van der Waals surface area (Å²) >= 11 is 0. The van der Waals surface area contributed by atoms with E-state index in [0.29, 0.717) is 0 Å². The average molecular weight is 256 g/mol. The Morgan fingerprint density at radius 2 is 2.05 bits per heavy atom. The van der Waals surface area contributed by atoms with Gasteiger partial charge >= 0.3 is 0 Å². The van der Waals surface area contributed by atoms with Gasteiger partial charge in [0, 0.05) is 6.20 Å². The van der Waals surface area contributed by atoms with Crippen LogP contribution >= 0.6 is 0 Å². The summed E-state index contributed by atoms with van der Waals surface area (Å²) in [7, 11) is 3.63. The lowest BCUT2D eigenvalue weighted by Crippen LogP contribution is -2.19. The molecule has 0 saturated heterocycles. The van der Waals surface area contributed by atoms with Gasteiger partial charge in [0.2, 0.25) is 0 Å². The van der Waals surface area contributed by atoms with Crippen LogP contribution in [0.3, 0.4) is 0 Å². The zero-order valence-electron chi connectivity index (χ0n) is 11.7. The number of methoxy groups -OCH3 is 1. The number of aryl methyl sites for hydroxylation is 1. The second-order valence-electron chi connectivity index (χ2n) is 4.43. The fourth-order valence-corrected chi connectivity index (χ4v) is 2.34. The lowest BCUT2D eigenvalue weighted by Gasteiger charge is -2.20. The van der Waals surface area contributed by atoms with Crippen molar-refractivity contribution in [1.82, 2.24) is 10.3 Å². The topological polar surface area (TPSA) is 34.2 Å². The standard InChI is InChI=1S/C16H20N2O/c1-4-12-7-5-6-8-15(12)16(17-2)13-9-14(19-3)11-18-10-13/h5-11,16-17H,4H2,1-3H3. The van der Waals surface area contributed by atoms with Crippen molar-refractivity contribution < 1.29 is 4.74 Å². The van der Waals surface area contributed by atoms with E-state index in [9.17, 15) is 0 Å². The fourth-order valence-electron chi connectivity index (χ4n) is 2.34. The first kappa shape index (κ1) is 13.6. The van der Waals surface area contributed by atoms with E-state index in [2.05, 4.69) is 41.5 Å². The minimum Gasteiger partial charge on any atom is -0.495 e. The van der Waals surface area contributed by atoms with Crippen LogP contribution < -0.4 is 10.1 Å². The molecular formula is C16H20N2O. The molecule has 1 unspecified atom stereocenters. The van der Waals surface area contributed by atoms with Gasteiger partial charge in [0.15, 0.2) is 0 Å². The molecule has 0 fully saturated rings. The molecule has 0 aliphatic heterocycles. The van der Waals surface area contributed by atoms with Crippen molar-refractivity contribution >= 4 is 0 Å². The second-order valence-corrected chi connectivity index (χ2v) is 4.43. The zero-order chi connectivity index (χ0) is 13.7. The maximum Gasteiger partial charge on any atom is 0.137 e. The molecule has 1 N–H and O–H groups in total. The number of nitrogens with zero attached hydrogens (tertiary/aromatic N) is 1. The Bertz CT molecular complexity index is 540. The van der Waals surface area contributed by atoms with Crippen LogP contribution in [0.15, 0.2) is 42.7 Å². The molecule has 1 aromatic heterocycles. The molecule has 0 aliphatic rings. The van der Waals surface area contributed by atoms with Gasteiger partial charge < -0.3 is 10.1 Å². The smallest absolute Gasteiger partial charge is 0.137 e. The van der Waals surface area contributed by atoms with E-state index in [-0.39, 0.29) is 6.04 Å². The SMILES string of the molecule is CCc1ccccc1C(NC)c1cncc(OC)c1. The Kier molecular flexibility index (Phi) is 4.53. The van der Waals surface area contributed by atoms with E-state index in [1.54, 1.807) is 13.3 Å². The number of pyridine rings is 1. The molecule has 3 heteroatoms.